The number of nitrogens with zero attached hydrogens (tertiary/aromatic N) is 4. The number of likely N-dealkylation sites (tertiary alicyclic amines) is 1. The van der Waals surface area contributed by atoms with Gasteiger partial charge in [-0.05, 0) is 91.9 Å². The maximum Gasteiger partial charge on any atom is 0.269 e. The maximum absolute atomic E-state index is 13.7. The molecule has 5 rings (SSSR count). The molecule has 8 nitrogen and oxygen atoms in total. The first-order chi connectivity index (χ1) is 19.2. The Morgan fingerprint density at radius 1 is 0.950 bits per heavy atom. The molecule has 2 heterocycles. The van der Waals surface area contributed by atoms with Crippen molar-refractivity contribution in [3.63, 3.8) is 0 Å². The van der Waals surface area contributed by atoms with Gasteiger partial charge in [-0.3, -0.25) is 19.0 Å². The van der Waals surface area contributed by atoms with Crippen LogP contribution in [0.4, 0.5) is 0 Å². The standard InChI is InChI=1S/C32H35N5O3/c1-21-16-27-28(17-22(21)2)37(30(38)18-34-27)20-31(39)35(3)29(19-36-14-4-5-15-36)25-10-6-23(7-11-25)24-8-12-26(13-9-24)32(33)40/h6-13,16-18,29H,4-5,14-15,19-20H2,1-3H3,(H2,33,40). The van der Waals surface area contributed by atoms with Crippen molar-refractivity contribution in [2.75, 3.05) is 26.7 Å². The largest absolute Gasteiger partial charge is 0.366 e. The summed E-state index contributed by atoms with van der Waals surface area (Å²) in [6.07, 6.45) is 3.60. The molecule has 206 valence electrons. The van der Waals surface area contributed by atoms with E-state index in [4.69, 9.17) is 5.73 Å². The van der Waals surface area contributed by atoms with Gasteiger partial charge < -0.3 is 15.5 Å². The number of hydrogen-bond donors (Lipinski definition) is 1. The molecule has 1 atom stereocenters. The van der Waals surface area contributed by atoms with E-state index in [9.17, 15) is 14.4 Å². The summed E-state index contributed by atoms with van der Waals surface area (Å²) >= 11 is 0. The Morgan fingerprint density at radius 2 is 1.55 bits per heavy atom. The minimum Gasteiger partial charge on any atom is -0.366 e. The van der Waals surface area contributed by atoms with Crippen LogP contribution >= 0.6 is 0 Å². The van der Waals surface area contributed by atoms with Crippen molar-refractivity contribution in [3.8, 4) is 11.1 Å². The highest BCUT2D eigenvalue weighted by Gasteiger charge is 2.26. The Kier molecular flexibility index (Phi) is 7.80. The predicted molar refractivity (Wildman–Crippen MR) is 157 cm³/mol. The fourth-order valence-corrected chi connectivity index (χ4v) is 5.39. The van der Waals surface area contributed by atoms with Gasteiger partial charge in [0.2, 0.25) is 11.8 Å². The maximum atomic E-state index is 13.7. The van der Waals surface area contributed by atoms with E-state index in [1.165, 1.54) is 10.8 Å². The Hall–Kier alpha value is -4.30. The number of nitrogens with two attached hydrogens (primary N) is 1. The first-order valence-electron chi connectivity index (χ1n) is 13.7. The van der Waals surface area contributed by atoms with Crippen LogP contribution in [0.2, 0.25) is 0 Å². The van der Waals surface area contributed by atoms with Crippen molar-refractivity contribution >= 4 is 22.8 Å². The molecule has 0 bridgehead atoms. The van der Waals surface area contributed by atoms with Crippen LogP contribution in [0, 0.1) is 13.8 Å². The molecular weight excluding hydrogens is 502 g/mol. The lowest BCUT2D eigenvalue weighted by Crippen LogP contribution is -2.41. The lowest BCUT2D eigenvalue weighted by Gasteiger charge is -2.32. The van der Waals surface area contributed by atoms with Gasteiger partial charge in [0.05, 0.1) is 23.3 Å². The molecule has 0 aliphatic carbocycles. The smallest absolute Gasteiger partial charge is 0.269 e. The zero-order valence-corrected chi connectivity index (χ0v) is 23.3. The topological polar surface area (TPSA) is 102 Å². The molecule has 2 amide bonds. The molecule has 1 aliphatic heterocycles. The van der Waals surface area contributed by atoms with Crippen LogP contribution in [0.3, 0.4) is 0 Å². The van der Waals surface area contributed by atoms with E-state index in [1.807, 2.05) is 57.3 Å². The molecule has 1 aromatic heterocycles. The van der Waals surface area contributed by atoms with Gasteiger partial charge in [0, 0.05) is 19.2 Å². The molecule has 8 heteroatoms. The highest BCUT2D eigenvalue weighted by molar-refractivity contribution is 5.93. The second-order valence-corrected chi connectivity index (χ2v) is 10.7. The van der Waals surface area contributed by atoms with E-state index < -0.39 is 5.91 Å². The first-order valence-corrected chi connectivity index (χ1v) is 13.7. The van der Waals surface area contributed by atoms with E-state index in [2.05, 4.69) is 22.0 Å². The number of benzene rings is 3. The number of primary amides is 1. The van der Waals surface area contributed by atoms with Crippen molar-refractivity contribution < 1.29 is 9.59 Å². The normalized spacial score (nSPS) is 14.4. The van der Waals surface area contributed by atoms with Gasteiger partial charge in [0.15, 0.2) is 0 Å². The second-order valence-electron chi connectivity index (χ2n) is 10.7. The van der Waals surface area contributed by atoms with E-state index in [0.717, 1.165) is 60.3 Å². The van der Waals surface area contributed by atoms with Crippen molar-refractivity contribution in [1.82, 2.24) is 19.4 Å². The van der Waals surface area contributed by atoms with Crippen molar-refractivity contribution in [3.05, 3.63) is 99.5 Å². The summed E-state index contributed by atoms with van der Waals surface area (Å²) in [5, 5.41) is 0. The van der Waals surface area contributed by atoms with E-state index in [1.54, 1.807) is 17.0 Å². The molecule has 4 aromatic rings. The Bertz CT molecular complexity index is 1600. The summed E-state index contributed by atoms with van der Waals surface area (Å²) in [7, 11) is 1.82. The van der Waals surface area contributed by atoms with Crippen molar-refractivity contribution in [2.24, 2.45) is 5.73 Å². The summed E-state index contributed by atoms with van der Waals surface area (Å²) in [5.41, 5.74) is 12.1. The molecular formula is C32H35N5O3. The number of carbonyl (C=O) groups excluding carboxylic acids is 2. The molecule has 0 saturated carbocycles. The van der Waals surface area contributed by atoms with Crippen LogP contribution in [-0.2, 0) is 11.3 Å². The van der Waals surface area contributed by atoms with Crippen LogP contribution < -0.4 is 11.3 Å². The SMILES string of the molecule is Cc1cc2ncc(=O)n(CC(=O)N(C)C(CN3CCCC3)c3ccc(-c4ccc(C(N)=O)cc4)cc3)c2cc1C. The van der Waals surface area contributed by atoms with Gasteiger partial charge in [-0.25, -0.2) is 4.98 Å². The van der Waals surface area contributed by atoms with Crippen LogP contribution in [0.25, 0.3) is 22.2 Å². The third-order valence-electron chi connectivity index (χ3n) is 8.04. The fourth-order valence-electron chi connectivity index (χ4n) is 5.39. The van der Waals surface area contributed by atoms with Gasteiger partial charge in [0.1, 0.15) is 6.54 Å². The van der Waals surface area contributed by atoms with E-state index in [0.29, 0.717) is 16.6 Å². The van der Waals surface area contributed by atoms with E-state index >= 15 is 0 Å². The summed E-state index contributed by atoms with van der Waals surface area (Å²) in [4.78, 5) is 46.4. The summed E-state index contributed by atoms with van der Waals surface area (Å²) in [6, 6.07) is 19.1. The number of hydrogen-bond acceptors (Lipinski definition) is 5. The molecule has 1 saturated heterocycles. The lowest BCUT2D eigenvalue weighted by atomic mass is 9.99. The number of carbonyl (C=O) groups is 2. The zero-order valence-electron chi connectivity index (χ0n) is 23.3. The Labute approximate surface area is 234 Å². The predicted octanol–water partition coefficient (Wildman–Crippen LogP) is 4.07. The minimum atomic E-state index is -0.452. The Morgan fingerprint density at radius 3 is 2.17 bits per heavy atom. The highest BCUT2D eigenvalue weighted by atomic mass is 16.2. The number of fused-ring (bicyclic) bond motifs is 1. The highest BCUT2D eigenvalue weighted by Crippen LogP contribution is 2.27. The van der Waals surface area contributed by atoms with Crippen LogP contribution in [-0.4, -0.2) is 57.8 Å². The number of likely N-dealkylation sites (N-methyl/N-ethyl adjacent to an activating group) is 1. The van der Waals surface area contributed by atoms with Gasteiger partial charge in [0.25, 0.3) is 5.56 Å². The summed E-state index contributed by atoms with van der Waals surface area (Å²) in [6.45, 7) is 6.68. The third kappa shape index (κ3) is 5.67. The zero-order chi connectivity index (χ0) is 28.4. The van der Waals surface area contributed by atoms with E-state index in [-0.39, 0.29) is 24.1 Å². The molecule has 2 N–H and O–H groups in total. The first kappa shape index (κ1) is 27.3. The Balaban J connectivity index is 1.42. The average Bonchev–Trinajstić information content (AvgIpc) is 3.47. The number of amides is 2. The average molecular weight is 538 g/mol. The molecule has 40 heavy (non-hydrogen) atoms. The number of aryl methyl sites for hydroxylation is 2. The quantitative estimate of drug-likeness (QED) is 0.365. The third-order valence-corrected chi connectivity index (χ3v) is 8.04. The molecule has 0 spiro atoms. The van der Waals surface area contributed by atoms with Crippen LogP contribution in [0.15, 0.2) is 71.7 Å². The van der Waals surface area contributed by atoms with Gasteiger partial charge in [-0.15, -0.1) is 0 Å². The van der Waals surface area contributed by atoms with Crippen molar-refractivity contribution in [2.45, 2.75) is 39.3 Å². The minimum absolute atomic E-state index is 0.0579. The molecule has 1 aliphatic rings. The van der Waals surface area contributed by atoms with Gasteiger partial charge in [-0.1, -0.05) is 36.4 Å². The van der Waals surface area contributed by atoms with Gasteiger partial charge >= 0.3 is 0 Å². The van der Waals surface area contributed by atoms with Crippen molar-refractivity contribution in [1.29, 1.82) is 0 Å². The van der Waals surface area contributed by atoms with Crippen LogP contribution in [0.1, 0.15) is 45.9 Å². The monoisotopic (exact) mass is 537 g/mol. The molecule has 1 unspecified atom stereocenters. The summed E-state index contributed by atoms with van der Waals surface area (Å²) < 4.78 is 1.53. The summed E-state index contributed by atoms with van der Waals surface area (Å²) in [5.74, 6) is -0.588. The fraction of sp³-hybridized carbons (Fsp3) is 0.312. The van der Waals surface area contributed by atoms with Crippen LogP contribution in [0.5, 0.6) is 0 Å². The number of aromatic nitrogens is 2. The second kappa shape index (κ2) is 11.4. The molecule has 0 radical (unpaired) electrons. The number of rotatable bonds is 8. The molecule has 3 aromatic carbocycles. The van der Waals surface area contributed by atoms with Gasteiger partial charge in [-0.2, -0.15) is 0 Å². The lowest BCUT2D eigenvalue weighted by molar-refractivity contribution is -0.133. The molecule has 1 fully saturated rings.